The van der Waals surface area contributed by atoms with Gasteiger partial charge in [-0.2, -0.15) is 18.2 Å². The maximum Gasteiger partial charge on any atom is 0.423 e. The molecule has 3 aromatic heterocycles. The van der Waals surface area contributed by atoms with Crippen LogP contribution in [0.2, 0.25) is 0 Å². The second kappa shape index (κ2) is 7.95. The molecular formula is C20H21F3N6O2. The number of rotatable bonds is 5. The molecule has 2 fully saturated rings. The number of fused-ring (bicyclic) bond motifs is 1. The van der Waals surface area contributed by atoms with Gasteiger partial charge in [0, 0.05) is 24.4 Å². The zero-order valence-electron chi connectivity index (χ0n) is 16.5. The molecule has 0 unspecified atom stereocenters. The molecule has 1 N–H and O–H groups in total. The Morgan fingerprint density at radius 2 is 2.03 bits per heavy atom. The van der Waals surface area contributed by atoms with Crippen LogP contribution in [0.15, 0.2) is 30.6 Å². The number of anilines is 1. The fraction of sp³-hybridized carbons (Fsp3) is 0.500. The minimum atomic E-state index is -4.59. The molecule has 2 atom stereocenters. The summed E-state index contributed by atoms with van der Waals surface area (Å²) in [5, 5.41) is 11.8. The van der Waals surface area contributed by atoms with E-state index in [1.54, 1.807) is 0 Å². The standard InChI is InChI=1S/C20H21F3N6O2/c21-20(22,23)15-9-24-19(26-18(15)31-14-10-30-11-14)25-13-5-3-4-12(8-13)17-28-27-16-6-1-2-7-29(16)17/h1-2,6-7,9,12-14H,3-5,8,10-11H2,(H,24,25,26)/t12-,13+/m0/s1. The highest BCUT2D eigenvalue weighted by Gasteiger charge is 2.38. The summed E-state index contributed by atoms with van der Waals surface area (Å²) in [5.41, 5.74) is -0.193. The molecule has 3 aromatic rings. The average molecular weight is 434 g/mol. The van der Waals surface area contributed by atoms with Crippen LogP contribution in [0.3, 0.4) is 0 Å². The molecule has 0 amide bonds. The van der Waals surface area contributed by atoms with Crippen molar-refractivity contribution in [2.45, 2.75) is 49.9 Å². The first-order chi connectivity index (χ1) is 15.0. The summed E-state index contributed by atoms with van der Waals surface area (Å²) in [7, 11) is 0. The number of ether oxygens (including phenoxy) is 2. The lowest BCUT2D eigenvalue weighted by atomic mass is 9.85. The van der Waals surface area contributed by atoms with Crippen LogP contribution in [0.4, 0.5) is 19.1 Å². The predicted molar refractivity (Wildman–Crippen MR) is 104 cm³/mol. The Kier molecular flexibility index (Phi) is 5.12. The van der Waals surface area contributed by atoms with Gasteiger partial charge >= 0.3 is 6.18 Å². The van der Waals surface area contributed by atoms with Crippen LogP contribution in [-0.2, 0) is 10.9 Å². The molecule has 2 aliphatic rings. The van der Waals surface area contributed by atoms with Crippen LogP contribution in [0.25, 0.3) is 5.65 Å². The van der Waals surface area contributed by atoms with Crippen molar-refractivity contribution in [3.05, 3.63) is 42.0 Å². The number of hydrogen-bond donors (Lipinski definition) is 1. The summed E-state index contributed by atoms with van der Waals surface area (Å²) in [4.78, 5) is 7.94. The molecule has 4 heterocycles. The van der Waals surface area contributed by atoms with Crippen molar-refractivity contribution >= 4 is 11.6 Å². The maximum absolute atomic E-state index is 13.3. The largest absolute Gasteiger partial charge is 0.469 e. The molecular weight excluding hydrogens is 413 g/mol. The maximum atomic E-state index is 13.3. The zero-order chi connectivity index (χ0) is 21.4. The summed E-state index contributed by atoms with van der Waals surface area (Å²) < 4.78 is 52.3. The Labute approximate surface area is 175 Å². The number of hydrogen-bond acceptors (Lipinski definition) is 7. The molecule has 1 saturated carbocycles. The van der Waals surface area contributed by atoms with Crippen molar-refractivity contribution in [3.8, 4) is 5.88 Å². The molecule has 0 bridgehead atoms. The van der Waals surface area contributed by atoms with Gasteiger partial charge in [-0.05, 0) is 31.4 Å². The zero-order valence-corrected chi connectivity index (χ0v) is 16.5. The Morgan fingerprint density at radius 3 is 2.81 bits per heavy atom. The minimum Gasteiger partial charge on any atom is -0.469 e. The van der Waals surface area contributed by atoms with Gasteiger partial charge in [0.2, 0.25) is 11.8 Å². The highest BCUT2D eigenvalue weighted by molar-refractivity contribution is 5.38. The van der Waals surface area contributed by atoms with E-state index in [9.17, 15) is 13.2 Å². The number of nitrogens with zero attached hydrogens (tertiary/aromatic N) is 5. The molecule has 31 heavy (non-hydrogen) atoms. The van der Waals surface area contributed by atoms with Gasteiger partial charge in [0.1, 0.15) is 17.5 Å². The van der Waals surface area contributed by atoms with E-state index in [2.05, 4.69) is 25.5 Å². The van der Waals surface area contributed by atoms with Gasteiger partial charge in [-0.3, -0.25) is 4.40 Å². The fourth-order valence-corrected chi connectivity index (χ4v) is 4.04. The number of nitrogens with one attached hydrogen (secondary N) is 1. The molecule has 8 nitrogen and oxygen atoms in total. The molecule has 164 valence electrons. The smallest absolute Gasteiger partial charge is 0.423 e. The fourth-order valence-electron chi connectivity index (χ4n) is 4.04. The Morgan fingerprint density at radius 1 is 1.16 bits per heavy atom. The van der Waals surface area contributed by atoms with Crippen LogP contribution in [0, 0.1) is 0 Å². The van der Waals surface area contributed by atoms with E-state index in [4.69, 9.17) is 9.47 Å². The Hall–Kier alpha value is -2.95. The average Bonchev–Trinajstić information content (AvgIpc) is 3.14. The van der Waals surface area contributed by atoms with E-state index >= 15 is 0 Å². The van der Waals surface area contributed by atoms with Gasteiger partial charge in [-0.25, -0.2) is 4.98 Å². The van der Waals surface area contributed by atoms with Crippen molar-refractivity contribution < 1.29 is 22.6 Å². The van der Waals surface area contributed by atoms with Gasteiger partial charge in [-0.15, -0.1) is 10.2 Å². The van der Waals surface area contributed by atoms with Crippen LogP contribution in [-0.4, -0.2) is 49.9 Å². The van der Waals surface area contributed by atoms with Crippen molar-refractivity contribution in [1.29, 1.82) is 0 Å². The quantitative estimate of drug-likeness (QED) is 0.658. The van der Waals surface area contributed by atoms with Gasteiger partial charge in [0.05, 0.1) is 13.2 Å². The van der Waals surface area contributed by atoms with Crippen LogP contribution >= 0.6 is 0 Å². The minimum absolute atomic E-state index is 0.00596. The second-order valence-electron chi connectivity index (χ2n) is 7.88. The van der Waals surface area contributed by atoms with E-state index in [0.29, 0.717) is 0 Å². The lowest BCUT2D eigenvalue weighted by Gasteiger charge is -2.29. The third-order valence-electron chi connectivity index (χ3n) is 5.66. The topological polar surface area (TPSA) is 86.5 Å². The normalized spacial score (nSPS) is 22.3. The van der Waals surface area contributed by atoms with Crippen LogP contribution in [0.5, 0.6) is 5.88 Å². The first-order valence-electron chi connectivity index (χ1n) is 10.2. The number of halogens is 3. The number of alkyl halides is 3. The summed E-state index contributed by atoms with van der Waals surface area (Å²) in [5.74, 6) is 0.736. The first kappa shape index (κ1) is 20.0. The van der Waals surface area contributed by atoms with E-state index in [1.165, 1.54) is 0 Å². The highest BCUT2D eigenvalue weighted by atomic mass is 19.4. The van der Waals surface area contributed by atoms with Gasteiger partial charge in [-0.1, -0.05) is 12.5 Å². The molecule has 5 rings (SSSR count). The SMILES string of the molecule is FC(F)(F)c1cnc(N[C@@H]2CCC[C@H](c3nnc4ccccn34)C2)nc1OC1COC1. The van der Waals surface area contributed by atoms with E-state index < -0.39 is 23.7 Å². The van der Waals surface area contributed by atoms with Crippen molar-refractivity contribution in [1.82, 2.24) is 24.6 Å². The highest BCUT2D eigenvalue weighted by Crippen LogP contribution is 2.37. The molecule has 0 spiro atoms. The van der Waals surface area contributed by atoms with Gasteiger partial charge in [0.25, 0.3) is 0 Å². The van der Waals surface area contributed by atoms with Crippen LogP contribution in [0.1, 0.15) is 43.0 Å². The van der Waals surface area contributed by atoms with Gasteiger partial charge < -0.3 is 14.8 Å². The second-order valence-corrected chi connectivity index (χ2v) is 7.88. The van der Waals surface area contributed by atoms with E-state index in [1.807, 2.05) is 28.8 Å². The van der Waals surface area contributed by atoms with Crippen molar-refractivity contribution in [2.24, 2.45) is 0 Å². The van der Waals surface area contributed by atoms with Crippen LogP contribution < -0.4 is 10.1 Å². The summed E-state index contributed by atoms with van der Waals surface area (Å²) in [6.45, 7) is 0.501. The Balaban J connectivity index is 1.33. The van der Waals surface area contributed by atoms with Crippen molar-refractivity contribution in [3.63, 3.8) is 0 Å². The molecule has 1 aliphatic carbocycles. The number of pyridine rings is 1. The first-order valence-corrected chi connectivity index (χ1v) is 10.2. The lowest BCUT2D eigenvalue weighted by Crippen LogP contribution is -2.39. The third-order valence-corrected chi connectivity index (χ3v) is 5.66. The molecule has 1 saturated heterocycles. The molecule has 0 radical (unpaired) electrons. The summed E-state index contributed by atoms with van der Waals surface area (Å²) in [6.07, 6.45) is 1.24. The Bertz CT molecular complexity index is 1070. The van der Waals surface area contributed by atoms with Crippen molar-refractivity contribution in [2.75, 3.05) is 18.5 Å². The third kappa shape index (κ3) is 4.14. The van der Waals surface area contributed by atoms with E-state index in [0.717, 1.165) is 43.4 Å². The molecule has 1 aliphatic heterocycles. The monoisotopic (exact) mass is 434 g/mol. The predicted octanol–water partition coefficient (Wildman–Crippen LogP) is 3.45. The van der Waals surface area contributed by atoms with E-state index in [-0.39, 0.29) is 31.1 Å². The summed E-state index contributed by atoms with van der Waals surface area (Å²) >= 11 is 0. The molecule has 11 heteroatoms. The van der Waals surface area contributed by atoms with Gasteiger partial charge in [0.15, 0.2) is 5.65 Å². The lowest BCUT2D eigenvalue weighted by molar-refractivity contribution is -0.142. The molecule has 0 aromatic carbocycles. The number of aromatic nitrogens is 5. The summed E-state index contributed by atoms with van der Waals surface area (Å²) in [6, 6.07) is 5.76.